The first-order chi connectivity index (χ1) is 7.29. The molecule has 0 aromatic rings. The molecule has 0 spiro atoms. The van der Waals surface area contributed by atoms with E-state index in [0.29, 0.717) is 12.1 Å². The number of rotatable bonds is 6. The third-order valence-electron chi connectivity index (χ3n) is 3.72. The monoisotopic (exact) mass is 228 g/mol. The molecule has 2 nitrogen and oxygen atoms in total. The SMILES string of the molecule is CCC(N)C(N(C)C(CC)CC)C(C)(C)C. The average molecular weight is 228 g/mol. The van der Waals surface area contributed by atoms with Crippen molar-refractivity contribution in [1.29, 1.82) is 0 Å². The van der Waals surface area contributed by atoms with Crippen molar-refractivity contribution < 1.29 is 0 Å². The van der Waals surface area contributed by atoms with Crippen LogP contribution in [0.15, 0.2) is 0 Å². The van der Waals surface area contributed by atoms with Gasteiger partial charge in [-0.05, 0) is 31.7 Å². The first-order valence-corrected chi connectivity index (χ1v) is 6.77. The highest BCUT2D eigenvalue weighted by Crippen LogP contribution is 2.29. The fourth-order valence-electron chi connectivity index (χ4n) is 2.87. The van der Waals surface area contributed by atoms with Gasteiger partial charge in [0.25, 0.3) is 0 Å². The molecule has 2 heteroatoms. The highest BCUT2D eigenvalue weighted by Gasteiger charge is 2.34. The molecule has 2 N–H and O–H groups in total. The second kappa shape index (κ2) is 6.61. The van der Waals surface area contributed by atoms with E-state index in [0.717, 1.165) is 6.42 Å². The molecule has 2 unspecified atom stereocenters. The van der Waals surface area contributed by atoms with Crippen LogP contribution in [0.1, 0.15) is 60.8 Å². The van der Waals surface area contributed by atoms with E-state index in [1.165, 1.54) is 12.8 Å². The van der Waals surface area contributed by atoms with Gasteiger partial charge in [0, 0.05) is 18.1 Å². The summed E-state index contributed by atoms with van der Waals surface area (Å²) in [5.41, 5.74) is 6.55. The molecule has 0 aromatic heterocycles. The zero-order chi connectivity index (χ0) is 12.9. The molecule has 0 rings (SSSR count). The maximum absolute atomic E-state index is 6.31. The summed E-state index contributed by atoms with van der Waals surface area (Å²) in [6.07, 6.45) is 3.46. The van der Waals surface area contributed by atoms with Crippen LogP contribution in [0.4, 0.5) is 0 Å². The Morgan fingerprint density at radius 2 is 1.44 bits per heavy atom. The quantitative estimate of drug-likeness (QED) is 0.756. The Balaban J connectivity index is 4.89. The Morgan fingerprint density at radius 3 is 1.69 bits per heavy atom. The van der Waals surface area contributed by atoms with Crippen LogP contribution in [0.3, 0.4) is 0 Å². The van der Waals surface area contributed by atoms with E-state index in [4.69, 9.17) is 5.73 Å². The molecule has 2 atom stereocenters. The summed E-state index contributed by atoms with van der Waals surface area (Å²) in [5.74, 6) is 0. The molecule has 0 bridgehead atoms. The summed E-state index contributed by atoms with van der Waals surface area (Å²) < 4.78 is 0. The van der Waals surface area contributed by atoms with E-state index in [9.17, 15) is 0 Å². The van der Waals surface area contributed by atoms with Gasteiger partial charge in [0.2, 0.25) is 0 Å². The predicted octanol–water partition coefficient (Wildman–Crippen LogP) is 3.26. The minimum atomic E-state index is 0.243. The largest absolute Gasteiger partial charge is 0.326 e. The summed E-state index contributed by atoms with van der Waals surface area (Å²) in [5, 5.41) is 0. The Labute approximate surface area is 103 Å². The van der Waals surface area contributed by atoms with Crippen LogP contribution in [0.2, 0.25) is 0 Å². The summed E-state index contributed by atoms with van der Waals surface area (Å²) in [6.45, 7) is 13.6. The molecule has 0 radical (unpaired) electrons. The molecule has 0 saturated heterocycles. The smallest absolute Gasteiger partial charge is 0.0295 e. The van der Waals surface area contributed by atoms with Crippen molar-refractivity contribution in [2.24, 2.45) is 11.1 Å². The molecule has 0 heterocycles. The summed E-state index contributed by atoms with van der Waals surface area (Å²) in [6, 6.07) is 1.38. The minimum Gasteiger partial charge on any atom is -0.326 e. The first-order valence-electron chi connectivity index (χ1n) is 6.77. The third-order valence-corrected chi connectivity index (χ3v) is 3.72. The Morgan fingerprint density at radius 1 is 1.00 bits per heavy atom. The molecule has 0 aliphatic rings. The van der Waals surface area contributed by atoms with Gasteiger partial charge in [-0.1, -0.05) is 41.5 Å². The standard InChI is InChI=1S/C14H32N2/c1-8-11(9-2)16(7)13(12(15)10-3)14(4,5)6/h11-13H,8-10,15H2,1-7H3. The average Bonchev–Trinajstić information content (AvgIpc) is 2.17. The van der Waals surface area contributed by atoms with Crippen LogP contribution < -0.4 is 5.73 Å². The summed E-state index contributed by atoms with van der Waals surface area (Å²) in [7, 11) is 2.24. The molecule has 16 heavy (non-hydrogen) atoms. The van der Waals surface area contributed by atoms with E-state index in [2.05, 4.69) is 53.5 Å². The van der Waals surface area contributed by atoms with Crippen LogP contribution in [-0.4, -0.2) is 30.1 Å². The second-order valence-electron chi connectivity index (χ2n) is 6.02. The second-order valence-corrected chi connectivity index (χ2v) is 6.02. The van der Waals surface area contributed by atoms with E-state index in [-0.39, 0.29) is 11.5 Å². The Hall–Kier alpha value is -0.0800. The van der Waals surface area contributed by atoms with Crippen LogP contribution in [-0.2, 0) is 0 Å². The van der Waals surface area contributed by atoms with Crippen molar-refractivity contribution in [2.45, 2.75) is 78.9 Å². The van der Waals surface area contributed by atoms with Crippen molar-refractivity contribution in [1.82, 2.24) is 4.90 Å². The van der Waals surface area contributed by atoms with Gasteiger partial charge in [0.05, 0.1) is 0 Å². The number of nitrogens with two attached hydrogens (primary N) is 1. The van der Waals surface area contributed by atoms with Gasteiger partial charge in [0.1, 0.15) is 0 Å². The highest BCUT2D eigenvalue weighted by molar-refractivity contribution is 4.91. The lowest BCUT2D eigenvalue weighted by Crippen LogP contribution is -2.56. The maximum atomic E-state index is 6.31. The summed E-state index contributed by atoms with van der Waals surface area (Å²) >= 11 is 0. The summed E-state index contributed by atoms with van der Waals surface area (Å²) in [4.78, 5) is 2.51. The number of hydrogen-bond donors (Lipinski definition) is 1. The van der Waals surface area contributed by atoms with Gasteiger partial charge < -0.3 is 5.73 Å². The van der Waals surface area contributed by atoms with Crippen molar-refractivity contribution in [2.75, 3.05) is 7.05 Å². The molecule has 0 saturated carbocycles. The molecule has 0 aromatic carbocycles. The molecule has 0 aliphatic heterocycles. The normalized spacial score (nSPS) is 16.9. The van der Waals surface area contributed by atoms with Crippen molar-refractivity contribution in [3.63, 3.8) is 0 Å². The predicted molar refractivity (Wildman–Crippen MR) is 73.6 cm³/mol. The van der Waals surface area contributed by atoms with E-state index in [1.54, 1.807) is 0 Å². The lowest BCUT2D eigenvalue weighted by atomic mass is 9.80. The van der Waals surface area contributed by atoms with E-state index in [1.807, 2.05) is 0 Å². The van der Waals surface area contributed by atoms with Gasteiger partial charge in [-0.2, -0.15) is 0 Å². The maximum Gasteiger partial charge on any atom is 0.0295 e. The molecule has 0 fully saturated rings. The van der Waals surface area contributed by atoms with Crippen LogP contribution in [0.25, 0.3) is 0 Å². The topological polar surface area (TPSA) is 29.3 Å². The van der Waals surface area contributed by atoms with E-state index < -0.39 is 0 Å². The van der Waals surface area contributed by atoms with Crippen LogP contribution in [0, 0.1) is 5.41 Å². The van der Waals surface area contributed by atoms with Crippen LogP contribution >= 0.6 is 0 Å². The van der Waals surface area contributed by atoms with Gasteiger partial charge in [0.15, 0.2) is 0 Å². The van der Waals surface area contributed by atoms with E-state index >= 15 is 0 Å². The van der Waals surface area contributed by atoms with Gasteiger partial charge >= 0.3 is 0 Å². The van der Waals surface area contributed by atoms with Crippen molar-refractivity contribution in [3.8, 4) is 0 Å². The number of hydrogen-bond acceptors (Lipinski definition) is 2. The number of likely N-dealkylation sites (N-methyl/N-ethyl adjacent to an activating group) is 1. The molecular formula is C14H32N2. The fourth-order valence-corrected chi connectivity index (χ4v) is 2.87. The number of nitrogens with zero attached hydrogens (tertiary/aromatic N) is 1. The Bertz CT molecular complexity index is 180. The van der Waals surface area contributed by atoms with Gasteiger partial charge in [-0.15, -0.1) is 0 Å². The van der Waals surface area contributed by atoms with Gasteiger partial charge in [-0.25, -0.2) is 0 Å². The highest BCUT2D eigenvalue weighted by atomic mass is 15.2. The fraction of sp³-hybridized carbons (Fsp3) is 1.00. The van der Waals surface area contributed by atoms with Crippen molar-refractivity contribution in [3.05, 3.63) is 0 Å². The lowest BCUT2D eigenvalue weighted by molar-refractivity contribution is 0.0597. The molecule has 0 aliphatic carbocycles. The van der Waals surface area contributed by atoms with Crippen LogP contribution in [0.5, 0.6) is 0 Å². The molecule has 0 amide bonds. The molecule has 98 valence electrons. The first kappa shape index (κ1) is 15.9. The lowest BCUT2D eigenvalue weighted by Gasteiger charge is -2.45. The zero-order valence-electron chi connectivity index (χ0n) is 12.4. The minimum absolute atomic E-state index is 0.243. The zero-order valence-corrected chi connectivity index (χ0v) is 12.4. The van der Waals surface area contributed by atoms with Gasteiger partial charge in [-0.3, -0.25) is 4.90 Å². The molecular weight excluding hydrogens is 196 g/mol. The van der Waals surface area contributed by atoms with Crippen molar-refractivity contribution >= 4 is 0 Å². The third kappa shape index (κ3) is 4.06. The Kier molecular flexibility index (Phi) is 6.57.